The molecule has 0 aliphatic rings. The van der Waals surface area contributed by atoms with E-state index in [-0.39, 0.29) is 12.5 Å². The van der Waals surface area contributed by atoms with E-state index in [0.29, 0.717) is 31.7 Å². The van der Waals surface area contributed by atoms with Gasteiger partial charge in [0.25, 0.3) is 0 Å². The van der Waals surface area contributed by atoms with Gasteiger partial charge in [-0.15, -0.1) is 0 Å². The van der Waals surface area contributed by atoms with Crippen LogP contribution in [0.2, 0.25) is 0 Å². The fourth-order valence-electron chi connectivity index (χ4n) is 2.53. The summed E-state index contributed by atoms with van der Waals surface area (Å²) in [6, 6.07) is 17.1. The number of anilines is 1. The van der Waals surface area contributed by atoms with Gasteiger partial charge in [-0.05, 0) is 30.0 Å². The lowest BCUT2D eigenvalue weighted by atomic mass is 10.2. The molecule has 27 heavy (non-hydrogen) atoms. The molecule has 6 nitrogen and oxygen atoms in total. The molecule has 0 aliphatic heterocycles. The normalized spacial score (nSPS) is 11.1. The van der Waals surface area contributed by atoms with E-state index in [0.717, 1.165) is 18.2 Å². The minimum atomic E-state index is -3.36. The Morgan fingerprint density at radius 1 is 1.00 bits per heavy atom. The summed E-state index contributed by atoms with van der Waals surface area (Å²) in [5, 5.41) is 2.81. The maximum Gasteiger partial charge on any atom is 0.229 e. The Bertz CT molecular complexity index is 823. The van der Waals surface area contributed by atoms with Crippen molar-refractivity contribution in [1.29, 1.82) is 0 Å². The van der Waals surface area contributed by atoms with Gasteiger partial charge in [-0.25, -0.2) is 8.42 Å². The molecule has 1 amide bonds. The second-order valence-electron chi connectivity index (χ2n) is 6.26. The highest BCUT2D eigenvalue weighted by Gasteiger charge is 2.08. The van der Waals surface area contributed by atoms with Crippen molar-refractivity contribution in [3.63, 3.8) is 0 Å². The summed E-state index contributed by atoms with van der Waals surface area (Å²) in [5.74, 6) is -0.0872. The van der Waals surface area contributed by atoms with Gasteiger partial charge in [0.05, 0.1) is 18.6 Å². The van der Waals surface area contributed by atoms with E-state index in [4.69, 9.17) is 4.74 Å². The maximum atomic E-state index is 12.0. The fraction of sp³-hybridized carbons (Fsp3) is 0.350. The Morgan fingerprint density at radius 2 is 1.70 bits per heavy atom. The van der Waals surface area contributed by atoms with Crippen molar-refractivity contribution >= 4 is 21.6 Å². The lowest BCUT2D eigenvalue weighted by Crippen LogP contribution is -2.23. The molecule has 0 spiro atoms. The van der Waals surface area contributed by atoms with Crippen LogP contribution in [0.1, 0.15) is 24.0 Å². The number of carbonyl (C=O) groups is 1. The van der Waals surface area contributed by atoms with Gasteiger partial charge in [0.1, 0.15) is 0 Å². The van der Waals surface area contributed by atoms with E-state index in [9.17, 15) is 13.2 Å². The summed E-state index contributed by atoms with van der Waals surface area (Å²) in [4.78, 5) is 12.0. The molecular formula is C20H26N2O4S. The zero-order valence-electron chi connectivity index (χ0n) is 15.5. The first-order valence-corrected chi connectivity index (χ1v) is 10.8. The minimum absolute atomic E-state index is 0.0872. The molecule has 0 fully saturated rings. The molecule has 2 rings (SSSR count). The van der Waals surface area contributed by atoms with Crippen LogP contribution < -0.4 is 10.0 Å². The highest BCUT2D eigenvalue weighted by atomic mass is 32.2. The predicted molar refractivity (Wildman–Crippen MR) is 107 cm³/mol. The molecule has 0 saturated carbocycles. The van der Waals surface area contributed by atoms with Crippen LogP contribution in [-0.4, -0.2) is 33.8 Å². The lowest BCUT2D eigenvalue weighted by molar-refractivity contribution is -0.121. The van der Waals surface area contributed by atoms with Crippen LogP contribution in [0.3, 0.4) is 0 Å². The molecule has 0 radical (unpaired) electrons. The van der Waals surface area contributed by atoms with Gasteiger partial charge in [0.15, 0.2) is 0 Å². The number of para-hydroxylation sites is 1. The first-order chi connectivity index (χ1) is 12.9. The topological polar surface area (TPSA) is 84.5 Å². The summed E-state index contributed by atoms with van der Waals surface area (Å²) >= 11 is 0. The average Bonchev–Trinajstić information content (AvgIpc) is 2.63. The Hall–Kier alpha value is -2.38. The molecule has 0 bridgehead atoms. The predicted octanol–water partition coefficient (Wildman–Crippen LogP) is 2.71. The summed E-state index contributed by atoms with van der Waals surface area (Å²) in [6.45, 7) is 1.44. The van der Waals surface area contributed by atoms with E-state index in [2.05, 4.69) is 22.2 Å². The Morgan fingerprint density at radius 3 is 2.44 bits per heavy atom. The zero-order chi connectivity index (χ0) is 19.5. The quantitative estimate of drug-likeness (QED) is 0.578. The van der Waals surface area contributed by atoms with Crippen LogP contribution in [0.15, 0.2) is 54.6 Å². The molecule has 0 saturated heterocycles. The molecule has 0 atom stereocenters. The first-order valence-electron chi connectivity index (χ1n) is 8.88. The third-order valence-corrected chi connectivity index (χ3v) is 4.45. The van der Waals surface area contributed by atoms with Crippen LogP contribution >= 0.6 is 0 Å². The van der Waals surface area contributed by atoms with Crippen molar-refractivity contribution in [3.8, 4) is 0 Å². The molecular weight excluding hydrogens is 364 g/mol. The minimum Gasteiger partial charge on any atom is -0.381 e. The van der Waals surface area contributed by atoms with Crippen LogP contribution in [-0.2, 0) is 32.5 Å². The third kappa shape index (κ3) is 8.70. The van der Waals surface area contributed by atoms with Crippen LogP contribution in [0.25, 0.3) is 0 Å². The van der Waals surface area contributed by atoms with Crippen molar-refractivity contribution in [2.45, 2.75) is 25.8 Å². The number of rotatable bonds is 11. The van der Waals surface area contributed by atoms with Gasteiger partial charge in [0, 0.05) is 19.6 Å². The fourth-order valence-corrected chi connectivity index (χ4v) is 3.13. The summed E-state index contributed by atoms with van der Waals surface area (Å²) in [6.07, 6.45) is 2.97. The molecule has 0 heterocycles. The third-order valence-electron chi connectivity index (χ3n) is 3.86. The number of benzene rings is 2. The Balaban J connectivity index is 1.64. The molecule has 2 aromatic carbocycles. The number of nitrogens with one attached hydrogen (secondary N) is 2. The first kappa shape index (κ1) is 20.9. The Labute approximate surface area is 161 Å². The molecule has 2 aromatic rings. The van der Waals surface area contributed by atoms with E-state index in [1.54, 1.807) is 24.3 Å². The second kappa shape index (κ2) is 10.7. The number of hydrogen-bond acceptors (Lipinski definition) is 4. The number of sulfonamides is 1. The smallest absolute Gasteiger partial charge is 0.229 e. The largest absolute Gasteiger partial charge is 0.381 e. The average molecular weight is 391 g/mol. The SMILES string of the molecule is CS(=O)(=O)Nc1ccccc1CNC(=O)CCCOCCc1ccccc1. The summed E-state index contributed by atoms with van der Waals surface area (Å²) in [7, 11) is -3.36. The number of carbonyl (C=O) groups excluding carboxylic acids is 1. The van der Waals surface area contributed by atoms with Gasteiger partial charge in [-0.3, -0.25) is 9.52 Å². The lowest BCUT2D eigenvalue weighted by Gasteiger charge is -2.11. The van der Waals surface area contributed by atoms with Gasteiger partial charge in [-0.2, -0.15) is 0 Å². The van der Waals surface area contributed by atoms with Crippen molar-refractivity contribution in [2.75, 3.05) is 24.2 Å². The molecule has 0 unspecified atom stereocenters. The van der Waals surface area contributed by atoms with E-state index in [1.165, 1.54) is 5.56 Å². The van der Waals surface area contributed by atoms with Gasteiger partial charge < -0.3 is 10.1 Å². The molecule has 2 N–H and O–H groups in total. The van der Waals surface area contributed by atoms with Gasteiger partial charge in [0.2, 0.25) is 15.9 Å². The number of amides is 1. The standard InChI is InChI=1S/C20H26N2O4S/c1-27(24,25)22-19-11-6-5-10-18(19)16-21-20(23)12-7-14-26-15-13-17-8-3-2-4-9-17/h2-6,8-11,22H,7,12-16H2,1H3,(H,21,23). The number of ether oxygens (including phenoxy) is 1. The molecule has 7 heteroatoms. The van der Waals surface area contributed by atoms with E-state index < -0.39 is 10.0 Å². The van der Waals surface area contributed by atoms with Gasteiger partial charge >= 0.3 is 0 Å². The van der Waals surface area contributed by atoms with E-state index in [1.807, 2.05) is 18.2 Å². The van der Waals surface area contributed by atoms with Gasteiger partial charge in [-0.1, -0.05) is 48.5 Å². The van der Waals surface area contributed by atoms with Crippen molar-refractivity contribution in [2.24, 2.45) is 0 Å². The highest BCUT2D eigenvalue weighted by Crippen LogP contribution is 2.16. The maximum absolute atomic E-state index is 12.0. The zero-order valence-corrected chi connectivity index (χ0v) is 16.3. The van der Waals surface area contributed by atoms with E-state index >= 15 is 0 Å². The monoisotopic (exact) mass is 390 g/mol. The summed E-state index contributed by atoms with van der Waals surface area (Å²) in [5.41, 5.74) is 2.43. The molecule has 0 aliphatic carbocycles. The van der Waals surface area contributed by atoms with Crippen LogP contribution in [0, 0.1) is 0 Å². The van der Waals surface area contributed by atoms with Crippen LogP contribution in [0.5, 0.6) is 0 Å². The van der Waals surface area contributed by atoms with Crippen molar-refractivity contribution < 1.29 is 17.9 Å². The van der Waals surface area contributed by atoms with Crippen molar-refractivity contribution in [3.05, 3.63) is 65.7 Å². The van der Waals surface area contributed by atoms with Crippen molar-refractivity contribution in [1.82, 2.24) is 5.32 Å². The molecule has 146 valence electrons. The van der Waals surface area contributed by atoms with Crippen LogP contribution in [0.4, 0.5) is 5.69 Å². The second-order valence-corrected chi connectivity index (χ2v) is 8.01. The summed E-state index contributed by atoms with van der Waals surface area (Å²) < 4.78 is 30.8. The molecule has 0 aromatic heterocycles. The number of hydrogen-bond donors (Lipinski definition) is 2. The highest BCUT2D eigenvalue weighted by molar-refractivity contribution is 7.92. The Kier molecular flexibility index (Phi) is 8.29.